The van der Waals surface area contributed by atoms with Crippen LogP contribution in [0.3, 0.4) is 0 Å². The van der Waals surface area contributed by atoms with Gasteiger partial charge in [-0.3, -0.25) is 4.68 Å². The van der Waals surface area contributed by atoms with Gasteiger partial charge in [-0.05, 0) is 45.1 Å². The van der Waals surface area contributed by atoms with Gasteiger partial charge < -0.3 is 9.84 Å². The Morgan fingerprint density at radius 2 is 2.47 bits per heavy atom. The number of hydrogen-bond acceptors (Lipinski definition) is 3. The number of aromatic nitrogens is 2. The Bertz CT molecular complexity index is 356. The molecule has 0 bridgehead atoms. The molecule has 0 spiro atoms. The zero-order valence-corrected chi connectivity index (χ0v) is 10.7. The van der Waals surface area contributed by atoms with E-state index in [4.69, 9.17) is 4.74 Å². The van der Waals surface area contributed by atoms with E-state index in [1.165, 1.54) is 12.8 Å². The van der Waals surface area contributed by atoms with Gasteiger partial charge in [0.1, 0.15) is 0 Å². The molecule has 0 amide bonds. The molecule has 2 atom stereocenters. The predicted molar refractivity (Wildman–Crippen MR) is 65.7 cm³/mol. The highest BCUT2D eigenvalue weighted by molar-refractivity contribution is 5.11. The van der Waals surface area contributed by atoms with E-state index in [9.17, 15) is 5.11 Å². The lowest BCUT2D eigenvalue weighted by atomic mass is 10.0. The number of ether oxygens (including phenoxy) is 1. The monoisotopic (exact) mass is 238 g/mol. The molecule has 1 fully saturated rings. The molecule has 1 N–H and O–H groups in total. The number of aliphatic hydroxyl groups excluding tert-OH is 1. The molecule has 0 aliphatic carbocycles. The number of aryl methyl sites for hydroxylation is 2. The van der Waals surface area contributed by atoms with Gasteiger partial charge in [-0.1, -0.05) is 0 Å². The standard InChI is InChI=1S/C13H22N2O2/c1-10-9-12(15(2)14-10)13(16)7-3-5-11-6-4-8-17-11/h9,11,13,16H,3-8H2,1-2H3. The molecule has 4 nitrogen and oxygen atoms in total. The van der Waals surface area contributed by atoms with Crippen LogP contribution in [-0.2, 0) is 11.8 Å². The zero-order valence-electron chi connectivity index (χ0n) is 10.7. The maximum atomic E-state index is 10.1. The second-order valence-corrected chi connectivity index (χ2v) is 4.92. The third-order valence-electron chi connectivity index (χ3n) is 3.41. The summed E-state index contributed by atoms with van der Waals surface area (Å²) in [6, 6.07) is 1.96. The fraction of sp³-hybridized carbons (Fsp3) is 0.769. The lowest BCUT2D eigenvalue weighted by Crippen LogP contribution is -2.08. The summed E-state index contributed by atoms with van der Waals surface area (Å²) in [5.41, 5.74) is 1.87. The number of nitrogens with zero attached hydrogens (tertiary/aromatic N) is 2. The fourth-order valence-corrected chi connectivity index (χ4v) is 2.50. The molecule has 0 radical (unpaired) electrons. The van der Waals surface area contributed by atoms with E-state index in [0.29, 0.717) is 6.10 Å². The molecule has 96 valence electrons. The first-order valence-corrected chi connectivity index (χ1v) is 6.47. The maximum Gasteiger partial charge on any atom is 0.0956 e. The molecular weight excluding hydrogens is 216 g/mol. The van der Waals surface area contributed by atoms with E-state index in [2.05, 4.69) is 5.10 Å². The Kier molecular flexibility index (Phi) is 4.18. The number of aliphatic hydroxyl groups is 1. The quantitative estimate of drug-likeness (QED) is 0.854. The second-order valence-electron chi connectivity index (χ2n) is 4.92. The average Bonchev–Trinajstić information content (AvgIpc) is 2.88. The van der Waals surface area contributed by atoms with Crippen molar-refractivity contribution in [3.8, 4) is 0 Å². The summed E-state index contributed by atoms with van der Waals surface area (Å²) >= 11 is 0. The van der Waals surface area contributed by atoms with Crippen molar-refractivity contribution in [1.29, 1.82) is 0 Å². The zero-order chi connectivity index (χ0) is 12.3. The van der Waals surface area contributed by atoms with Crippen LogP contribution in [0.15, 0.2) is 6.07 Å². The first-order valence-electron chi connectivity index (χ1n) is 6.47. The molecular formula is C13H22N2O2. The number of rotatable bonds is 5. The van der Waals surface area contributed by atoms with Crippen LogP contribution in [0.5, 0.6) is 0 Å². The van der Waals surface area contributed by atoms with E-state index in [1.54, 1.807) is 4.68 Å². The summed E-state index contributed by atoms with van der Waals surface area (Å²) in [6.07, 6.45) is 5.26. The highest BCUT2D eigenvalue weighted by Gasteiger charge is 2.17. The van der Waals surface area contributed by atoms with E-state index in [-0.39, 0.29) is 0 Å². The topological polar surface area (TPSA) is 47.3 Å². The summed E-state index contributed by atoms with van der Waals surface area (Å²) in [4.78, 5) is 0. The van der Waals surface area contributed by atoms with Gasteiger partial charge in [-0.2, -0.15) is 5.10 Å². The van der Waals surface area contributed by atoms with Gasteiger partial charge >= 0.3 is 0 Å². The summed E-state index contributed by atoms with van der Waals surface area (Å²) in [6.45, 7) is 2.86. The Morgan fingerprint density at radius 3 is 3.06 bits per heavy atom. The van der Waals surface area contributed by atoms with Gasteiger partial charge in [-0.25, -0.2) is 0 Å². The minimum absolute atomic E-state index is 0.400. The highest BCUT2D eigenvalue weighted by Crippen LogP contribution is 2.23. The predicted octanol–water partition coefficient (Wildman–Crippen LogP) is 2.11. The van der Waals surface area contributed by atoms with Crippen molar-refractivity contribution in [2.24, 2.45) is 7.05 Å². The van der Waals surface area contributed by atoms with Gasteiger partial charge in [0.05, 0.1) is 23.6 Å². The molecule has 1 aliphatic rings. The van der Waals surface area contributed by atoms with Gasteiger partial charge in [0.2, 0.25) is 0 Å². The van der Waals surface area contributed by atoms with Crippen LogP contribution < -0.4 is 0 Å². The van der Waals surface area contributed by atoms with Crippen LogP contribution in [0, 0.1) is 6.92 Å². The SMILES string of the molecule is Cc1cc(C(O)CCCC2CCCO2)n(C)n1. The van der Waals surface area contributed by atoms with Gasteiger partial charge in [0.25, 0.3) is 0 Å². The van der Waals surface area contributed by atoms with Crippen molar-refractivity contribution in [3.05, 3.63) is 17.5 Å². The van der Waals surface area contributed by atoms with Crippen molar-refractivity contribution >= 4 is 0 Å². The number of hydrogen-bond donors (Lipinski definition) is 1. The third kappa shape index (κ3) is 3.30. The molecule has 1 aromatic heterocycles. The fourth-order valence-electron chi connectivity index (χ4n) is 2.50. The van der Waals surface area contributed by atoms with E-state index in [0.717, 1.165) is 37.3 Å². The smallest absolute Gasteiger partial charge is 0.0956 e. The molecule has 2 heterocycles. The second kappa shape index (κ2) is 5.65. The van der Waals surface area contributed by atoms with Crippen molar-refractivity contribution in [1.82, 2.24) is 9.78 Å². The normalized spacial score (nSPS) is 21.9. The van der Waals surface area contributed by atoms with Crippen LogP contribution >= 0.6 is 0 Å². The minimum Gasteiger partial charge on any atom is -0.387 e. The third-order valence-corrected chi connectivity index (χ3v) is 3.41. The molecule has 1 aromatic rings. The van der Waals surface area contributed by atoms with Crippen LogP contribution in [0.1, 0.15) is 49.6 Å². The van der Waals surface area contributed by atoms with Crippen LogP contribution in [0.25, 0.3) is 0 Å². The summed E-state index contributed by atoms with van der Waals surface area (Å²) in [5, 5.41) is 14.3. The Hall–Kier alpha value is -0.870. The highest BCUT2D eigenvalue weighted by atomic mass is 16.5. The van der Waals surface area contributed by atoms with Crippen LogP contribution in [0.4, 0.5) is 0 Å². The Balaban J connectivity index is 1.76. The molecule has 17 heavy (non-hydrogen) atoms. The van der Waals surface area contributed by atoms with Crippen molar-refractivity contribution in [2.75, 3.05) is 6.61 Å². The van der Waals surface area contributed by atoms with Gasteiger partial charge in [0.15, 0.2) is 0 Å². The minimum atomic E-state index is -0.400. The van der Waals surface area contributed by atoms with E-state index in [1.807, 2.05) is 20.0 Å². The van der Waals surface area contributed by atoms with Gasteiger partial charge in [0, 0.05) is 13.7 Å². The largest absolute Gasteiger partial charge is 0.387 e. The van der Waals surface area contributed by atoms with E-state index < -0.39 is 6.10 Å². The Morgan fingerprint density at radius 1 is 1.65 bits per heavy atom. The molecule has 2 unspecified atom stereocenters. The van der Waals surface area contributed by atoms with Crippen molar-refractivity contribution in [2.45, 2.75) is 51.2 Å². The van der Waals surface area contributed by atoms with Crippen LogP contribution in [0.2, 0.25) is 0 Å². The van der Waals surface area contributed by atoms with Crippen molar-refractivity contribution < 1.29 is 9.84 Å². The summed E-state index contributed by atoms with van der Waals surface area (Å²) in [5.74, 6) is 0. The molecule has 0 aromatic carbocycles. The molecule has 2 rings (SSSR count). The average molecular weight is 238 g/mol. The van der Waals surface area contributed by atoms with E-state index >= 15 is 0 Å². The lowest BCUT2D eigenvalue weighted by Gasteiger charge is -2.13. The van der Waals surface area contributed by atoms with Crippen LogP contribution in [-0.4, -0.2) is 27.6 Å². The maximum absolute atomic E-state index is 10.1. The van der Waals surface area contributed by atoms with Gasteiger partial charge in [-0.15, -0.1) is 0 Å². The Labute approximate surface area is 103 Å². The lowest BCUT2D eigenvalue weighted by molar-refractivity contribution is 0.0934. The van der Waals surface area contributed by atoms with Crippen molar-refractivity contribution in [3.63, 3.8) is 0 Å². The molecule has 1 aliphatic heterocycles. The molecule has 0 saturated carbocycles. The first-order chi connectivity index (χ1) is 8.16. The first kappa shape index (κ1) is 12.6. The summed E-state index contributed by atoms with van der Waals surface area (Å²) in [7, 11) is 1.88. The summed E-state index contributed by atoms with van der Waals surface area (Å²) < 4.78 is 7.34. The molecule has 1 saturated heterocycles. The molecule has 4 heteroatoms.